The van der Waals surface area contributed by atoms with Crippen LogP contribution >= 0.6 is 0 Å². The minimum Gasteiger partial charge on any atom is -0.372 e. The van der Waals surface area contributed by atoms with Gasteiger partial charge >= 0.3 is 0 Å². The van der Waals surface area contributed by atoms with E-state index in [4.69, 9.17) is 4.74 Å². The second-order valence-electron chi connectivity index (χ2n) is 4.68. The fourth-order valence-electron chi connectivity index (χ4n) is 2.11. The molecule has 2 unspecified atom stereocenters. The number of hydrogen-bond donors (Lipinski definition) is 0. The molecule has 2 rings (SSSR count). The Morgan fingerprint density at radius 2 is 2.06 bits per heavy atom. The van der Waals surface area contributed by atoms with Gasteiger partial charge in [0, 0.05) is 6.42 Å². The summed E-state index contributed by atoms with van der Waals surface area (Å²) >= 11 is 0. The highest BCUT2D eigenvalue weighted by atomic mass is 16.5. The van der Waals surface area contributed by atoms with Gasteiger partial charge in [-0.15, -0.1) is 0 Å². The van der Waals surface area contributed by atoms with E-state index in [1.54, 1.807) is 0 Å². The number of hydrogen-bond acceptors (Lipinski definition) is 2. The van der Waals surface area contributed by atoms with Crippen LogP contribution < -0.4 is 0 Å². The summed E-state index contributed by atoms with van der Waals surface area (Å²) in [6, 6.07) is 10.1. The van der Waals surface area contributed by atoms with Gasteiger partial charge in [-0.25, -0.2) is 0 Å². The van der Waals surface area contributed by atoms with Crippen molar-refractivity contribution in [3.63, 3.8) is 0 Å². The van der Waals surface area contributed by atoms with E-state index < -0.39 is 0 Å². The first-order valence-electron chi connectivity index (χ1n) is 5.85. The van der Waals surface area contributed by atoms with Crippen LogP contribution in [-0.2, 0) is 16.1 Å². The van der Waals surface area contributed by atoms with Gasteiger partial charge in [-0.05, 0) is 12.0 Å². The Hall–Kier alpha value is -1.15. The van der Waals surface area contributed by atoms with E-state index in [0.29, 0.717) is 18.8 Å². The molecule has 0 aromatic heterocycles. The van der Waals surface area contributed by atoms with Gasteiger partial charge in [0.05, 0.1) is 18.1 Å². The number of benzene rings is 1. The lowest BCUT2D eigenvalue weighted by Crippen LogP contribution is -2.52. The normalized spacial score (nSPS) is 28.9. The molecule has 1 aromatic carbocycles. The quantitative estimate of drug-likeness (QED) is 0.776. The Balaban J connectivity index is 1.91. The number of ketones is 1. The van der Waals surface area contributed by atoms with Gasteiger partial charge in [0.2, 0.25) is 0 Å². The average molecular weight is 218 g/mol. The summed E-state index contributed by atoms with van der Waals surface area (Å²) in [7, 11) is 0. The predicted molar refractivity (Wildman–Crippen MR) is 63.0 cm³/mol. The topological polar surface area (TPSA) is 26.3 Å². The first-order chi connectivity index (χ1) is 7.66. The molecular formula is C14H18O2. The molecule has 86 valence electrons. The standard InChI is InChI=1S/C14H18O2/c1-3-14(2)12(15)9-13(14)16-10-11-7-5-4-6-8-11/h4-8,13H,3,9-10H2,1-2H3. The molecule has 1 aliphatic carbocycles. The number of carbonyl (C=O) groups excluding carboxylic acids is 1. The van der Waals surface area contributed by atoms with Gasteiger partial charge in [0.15, 0.2) is 0 Å². The second kappa shape index (κ2) is 4.38. The molecule has 1 aromatic rings. The van der Waals surface area contributed by atoms with Crippen LogP contribution in [0.25, 0.3) is 0 Å². The van der Waals surface area contributed by atoms with Crippen molar-refractivity contribution in [1.82, 2.24) is 0 Å². The van der Waals surface area contributed by atoms with E-state index in [9.17, 15) is 4.79 Å². The summed E-state index contributed by atoms with van der Waals surface area (Å²) in [5.74, 6) is 0.341. The zero-order valence-electron chi connectivity index (χ0n) is 9.90. The van der Waals surface area contributed by atoms with E-state index in [2.05, 4.69) is 6.92 Å². The third kappa shape index (κ3) is 1.90. The lowest BCUT2D eigenvalue weighted by atomic mass is 9.64. The molecule has 0 amide bonds. The van der Waals surface area contributed by atoms with Crippen molar-refractivity contribution in [1.29, 1.82) is 0 Å². The summed E-state index contributed by atoms with van der Waals surface area (Å²) in [6.07, 6.45) is 1.55. The highest BCUT2D eigenvalue weighted by molar-refractivity contribution is 5.91. The monoisotopic (exact) mass is 218 g/mol. The smallest absolute Gasteiger partial charge is 0.143 e. The molecule has 0 saturated heterocycles. The highest BCUT2D eigenvalue weighted by Gasteiger charge is 2.50. The fourth-order valence-corrected chi connectivity index (χ4v) is 2.11. The molecule has 1 saturated carbocycles. The zero-order chi connectivity index (χ0) is 11.6. The van der Waals surface area contributed by atoms with Crippen LogP contribution in [0.3, 0.4) is 0 Å². The second-order valence-corrected chi connectivity index (χ2v) is 4.68. The Labute approximate surface area is 96.6 Å². The van der Waals surface area contributed by atoms with Crippen LogP contribution in [0.5, 0.6) is 0 Å². The molecule has 2 heteroatoms. The summed E-state index contributed by atoms with van der Waals surface area (Å²) < 4.78 is 5.82. The Bertz CT molecular complexity index is 372. The van der Waals surface area contributed by atoms with Gasteiger partial charge in [-0.1, -0.05) is 44.2 Å². The molecule has 0 heterocycles. The van der Waals surface area contributed by atoms with E-state index >= 15 is 0 Å². The molecule has 0 N–H and O–H groups in total. The van der Waals surface area contributed by atoms with Crippen molar-refractivity contribution >= 4 is 5.78 Å². The number of carbonyl (C=O) groups is 1. The molecule has 0 spiro atoms. The number of rotatable bonds is 4. The van der Waals surface area contributed by atoms with Crippen molar-refractivity contribution < 1.29 is 9.53 Å². The molecular weight excluding hydrogens is 200 g/mol. The van der Waals surface area contributed by atoms with E-state index in [1.165, 1.54) is 5.56 Å². The Morgan fingerprint density at radius 1 is 1.38 bits per heavy atom. The Kier molecular flexibility index (Phi) is 3.10. The van der Waals surface area contributed by atoms with Crippen LogP contribution in [0.1, 0.15) is 32.3 Å². The lowest BCUT2D eigenvalue weighted by molar-refractivity contribution is -0.163. The summed E-state index contributed by atoms with van der Waals surface area (Å²) in [6.45, 7) is 4.67. The van der Waals surface area contributed by atoms with Gasteiger partial charge in [-0.3, -0.25) is 4.79 Å². The van der Waals surface area contributed by atoms with Crippen molar-refractivity contribution in [2.24, 2.45) is 5.41 Å². The van der Waals surface area contributed by atoms with Gasteiger partial charge in [0.1, 0.15) is 5.78 Å². The average Bonchev–Trinajstić information content (AvgIpc) is 2.34. The molecule has 2 atom stereocenters. The molecule has 1 aliphatic rings. The molecule has 0 bridgehead atoms. The van der Waals surface area contributed by atoms with Gasteiger partial charge < -0.3 is 4.74 Å². The van der Waals surface area contributed by atoms with E-state index in [-0.39, 0.29) is 11.5 Å². The van der Waals surface area contributed by atoms with Crippen LogP contribution in [0.4, 0.5) is 0 Å². The lowest BCUT2D eigenvalue weighted by Gasteiger charge is -2.44. The van der Waals surface area contributed by atoms with Crippen molar-refractivity contribution in [3.8, 4) is 0 Å². The summed E-state index contributed by atoms with van der Waals surface area (Å²) in [5, 5.41) is 0. The van der Waals surface area contributed by atoms with Gasteiger partial charge in [-0.2, -0.15) is 0 Å². The van der Waals surface area contributed by atoms with Crippen molar-refractivity contribution in [2.45, 2.75) is 39.4 Å². The first kappa shape index (κ1) is 11.3. The molecule has 0 radical (unpaired) electrons. The fraction of sp³-hybridized carbons (Fsp3) is 0.500. The number of ether oxygens (including phenoxy) is 1. The van der Waals surface area contributed by atoms with Crippen LogP contribution in [0.15, 0.2) is 30.3 Å². The van der Waals surface area contributed by atoms with Crippen LogP contribution in [0.2, 0.25) is 0 Å². The third-order valence-electron chi connectivity index (χ3n) is 3.75. The third-order valence-corrected chi connectivity index (χ3v) is 3.75. The predicted octanol–water partition coefficient (Wildman–Crippen LogP) is 2.96. The van der Waals surface area contributed by atoms with Crippen LogP contribution in [-0.4, -0.2) is 11.9 Å². The maximum atomic E-state index is 11.5. The summed E-state index contributed by atoms with van der Waals surface area (Å²) in [5.41, 5.74) is 0.926. The van der Waals surface area contributed by atoms with Gasteiger partial charge in [0.25, 0.3) is 0 Å². The molecule has 2 nitrogen and oxygen atoms in total. The number of Topliss-reactive ketones (excluding diaryl/α,β-unsaturated/α-hetero) is 1. The van der Waals surface area contributed by atoms with Crippen molar-refractivity contribution in [3.05, 3.63) is 35.9 Å². The first-order valence-corrected chi connectivity index (χ1v) is 5.85. The minimum absolute atomic E-state index is 0.102. The highest BCUT2D eigenvalue weighted by Crippen LogP contribution is 2.42. The largest absolute Gasteiger partial charge is 0.372 e. The molecule has 1 fully saturated rings. The zero-order valence-corrected chi connectivity index (χ0v) is 9.90. The van der Waals surface area contributed by atoms with Crippen molar-refractivity contribution in [2.75, 3.05) is 0 Å². The van der Waals surface area contributed by atoms with E-state index in [0.717, 1.165) is 6.42 Å². The Morgan fingerprint density at radius 3 is 2.62 bits per heavy atom. The van der Waals surface area contributed by atoms with E-state index in [1.807, 2.05) is 37.3 Å². The maximum Gasteiger partial charge on any atom is 0.143 e. The summed E-state index contributed by atoms with van der Waals surface area (Å²) in [4.78, 5) is 11.5. The minimum atomic E-state index is -0.241. The maximum absolute atomic E-state index is 11.5. The van der Waals surface area contributed by atoms with Crippen LogP contribution in [0, 0.1) is 5.41 Å². The molecule has 16 heavy (non-hydrogen) atoms. The molecule has 0 aliphatic heterocycles. The SMILES string of the molecule is CCC1(C)C(=O)CC1OCc1ccccc1.